The molecule has 1 heterocycles. The lowest BCUT2D eigenvalue weighted by Gasteiger charge is -2.08. The number of rotatable bonds is 2. The van der Waals surface area contributed by atoms with Crippen molar-refractivity contribution >= 4 is 11.4 Å². The van der Waals surface area contributed by atoms with Gasteiger partial charge in [-0.3, -0.25) is 4.79 Å². The average molecular weight is 229 g/mol. The molecule has 17 heavy (non-hydrogen) atoms. The van der Waals surface area contributed by atoms with E-state index in [1.54, 1.807) is 6.20 Å². The Morgan fingerprint density at radius 1 is 1.24 bits per heavy atom. The quantitative estimate of drug-likeness (QED) is 0.816. The first kappa shape index (κ1) is 11.3. The van der Waals surface area contributed by atoms with E-state index >= 15 is 0 Å². The topological polar surface area (TPSA) is 74.0 Å². The summed E-state index contributed by atoms with van der Waals surface area (Å²) in [5.41, 5.74) is 13.9. The zero-order valence-corrected chi connectivity index (χ0v) is 9.68. The Labute approximate surface area is 99.5 Å². The highest BCUT2D eigenvalue weighted by molar-refractivity contribution is 5.48. The summed E-state index contributed by atoms with van der Waals surface area (Å²) in [7, 11) is 0. The van der Waals surface area contributed by atoms with Crippen LogP contribution in [0.2, 0.25) is 0 Å². The molecule has 88 valence electrons. The summed E-state index contributed by atoms with van der Waals surface area (Å²) in [6.07, 6.45) is 1.61. The van der Waals surface area contributed by atoms with Gasteiger partial charge >= 0.3 is 0 Å². The fourth-order valence-corrected chi connectivity index (χ4v) is 1.81. The number of anilines is 2. The van der Waals surface area contributed by atoms with Crippen LogP contribution in [-0.4, -0.2) is 4.57 Å². The van der Waals surface area contributed by atoms with Crippen molar-refractivity contribution in [3.63, 3.8) is 0 Å². The van der Waals surface area contributed by atoms with Crippen LogP contribution in [0.3, 0.4) is 0 Å². The van der Waals surface area contributed by atoms with Crippen LogP contribution in [0.25, 0.3) is 0 Å². The summed E-state index contributed by atoms with van der Waals surface area (Å²) in [6, 6.07) is 9.46. The fourth-order valence-electron chi connectivity index (χ4n) is 1.81. The minimum absolute atomic E-state index is 0.178. The number of pyridine rings is 1. The van der Waals surface area contributed by atoms with Crippen molar-refractivity contribution in [2.75, 3.05) is 11.5 Å². The van der Waals surface area contributed by atoms with Crippen LogP contribution >= 0.6 is 0 Å². The molecule has 0 aliphatic heterocycles. The number of hydrogen-bond acceptors (Lipinski definition) is 3. The van der Waals surface area contributed by atoms with Gasteiger partial charge in [0, 0.05) is 6.20 Å². The van der Waals surface area contributed by atoms with Gasteiger partial charge in [-0.25, -0.2) is 0 Å². The maximum Gasteiger partial charge on any atom is 0.274 e. The Kier molecular flexibility index (Phi) is 2.87. The molecule has 0 radical (unpaired) electrons. The summed E-state index contributed by atoms with van der Waals surface area (Å²) in [6.45, 7) is 2.50. The number of hydrogen-bond donors (Lipinski definition) is 2. The minimum atomic E-state index is -0.208. The number of aryl methyl sites for hydroxylation is 1. The van der Waals surface area contributed by atoms with Gasteiger partial charge in [-0.15, -0.1) is 0 Å². The fraction of sp³-hybridized carbons (Fsp3) is 0.154. The normalized spacial score (nSPS) is 10.4. The van der Waals surface area contributed by atoms with Gasteiger partial charge in [0.1, 0.15) is 0 Å². The van der Waals surface area contributed by atoms with Crippen LogP contribution in [0.5, 0.6) is 0 Å². The smallest absolute Gasteiger partial charge is 0.274 e. The lowest BCUT2D eigenvalue weighted by atomic mass is 10.1. The molecule has 4 heteroatoms. The van der Waals surface area contributed by atoms with E-state index in [0.717, 1.165) is 11.1 Å². The number of benzene rings is 1. The van der Waals surface area contributed by atoms with Crippen LogP contribution in [0.15, 0.2) is 41.3 Å². The molecule has 1 aromatic heterocycles. The molecule has 4 nitrogen and oxygen atoms in total. The van der Waals surface area contributed by atoms with Gasteiger partial charge in [-0.05, 0) is 18.6 Å². The molecular weight excluding hydrogens is 214 g/mol. The highest BCUT2D eigenvalue weighted by atomic mass is 16.1. The molecule has 2 rings (SSSR count). The number of nitrogen functional groups attached to an aromatic ring is 2. The molecule has 2 aromatic rings. The van der Waals surface area contributed by atoms with Crippen LogP contribution in [0.1, 0.15) is 11.1 Å². The zero-order chi connectivity index (χ0) is 12.4. The molecule has 0 fully saturated rings. The minimum Gasteiger partial charge on any atom is -0.397 e. The second kappa shape index (κ2) is 4.33. The second-order valence-electron chi connectivity index (χ2n) is 4.15. The van der Waals surface area contributed by atoms with Crippen molar-refractivity contribution < 1.29 is 0 Å². The lowest BCUT2D eigenvalue weighted by Crippen LogP contribution is -2.23. The van der Waals surface area contributed by atoms with Crippen LogP contribution in [0.4, 0.5) is 11.4 Å². The van der Waals surface area contributed by atoms with Crippen molar-refractivity contribution in [2.24, 2.45) is 0 Å². The van der Waals surface area contributed by atoms with E-state index in [2.05, 4.69) is 0 Å². The summed E-state index contributed by atoms with van der Waals surface area (Å²) >= 11 is 0. The molecule has 0 amide bonds. The lowest BCUT2D eigenvalue weighted by molar-refractivity contribution is 0.763. The van der Waals surface area contributed by atoms with E-state index in [1.165, 1.54) is 10.6 Å². The Balaban J connectivity index is 2.40. The van der Waals surface area contributed by atoms with E-state index in [4.69, 9.17) is 11.5 Å². The Hall–Kier alpha value is -2.23. The molecule has 0 spiro atoms. The van der Waals surface area contributed by atoms with E-state index in [1.807, 2.05) is 31.2 Å². The monoisotopic (exact) mass is 229 g/mol. The summed E-state index contributed by atoms with van der Waals surface area (Å²) in [5, 5.41) is 0. The van der Waals surface area contributed by atoms with Crippen molar-refractivity contribution in [1.29, 1.82) is 0 Å². The molecule has 0 aliphatic carbocycles. The first-order valence-corrected chi connectivity index (χ1v) is 5.37. The van der Waals surface area contributed by atoms with Crippen LogP contribution < -0.4 is 17.0 Å². The molecule has 0 saturated carbocycles. The SMILES string of the molecule is Cc1cccc(Cn2cc(N)cc(N)c2=O)c1. The van der Waals surface area contributed by atoms with Crippen LogP contribution in [-0.2, 0) is 6.54 Å². The first-order valence-electron chi connectivity index (χ1n) is 5.37. The van der Waals surface area contributed by atoms with E-state index in [9.17, 15) is 4.79 Å². The van der Waals surface area contributed by atoms with Crippen molar-refractivity contribution in [2.45, 2.75) is 13.5 Å². The Morgan fingerprint density at radius 2 is 2.00 bits per heavy atom. The van der Waals surface area contributed by atoms with Crippen molar-refractivity contribution in [3.05, 3.63) is 58.0 Å². The summed E-state index contributed by atoms with van der Waals surface area (Å²) < 4.78 is 1.53. The molecule has 4 N–H and O–H groups in total. The van der Waals surface area contributed by atoms with Gasteiger partial charge in [0.05, 0.1) is 17.9 Å². The molecule has 0 bridgehead atoms. The molecule has 0 atom stereocenters. The maximum absolute atomic E-state index is 11.8. The van der Waals surface area contributed by atoms with Gasteiger partial charge in [-0.1, -0.05) is 29.8 Å². The Bertz CT molecular complexity index is 602. The predicted molar refractivity (Wildman–Crippen MR) is 69.8 cm³/mol. The third-order valence-corrected chi connectivity index (χ3v) is 2.57. The van der Waals surface area contributed by atoms with Gasteiger partial charge in [0.2, 0.25) is 0 Å². The van der Waals surface area contributed by atoms with E-state index in [0.29, 0.717) is 12.2 Å². The van der Waals surface area contributed by atoms with Gasteiger partial charge in [0.15, 0.2) is 0 Å². The highest BCUT2D eigenvalue weighted by Crippen LogP contribution is 2.08. The summed E-state index contributed by atoms with van der Waals surface area (Å²) in [4.78, 5) is 11.8. The highest BCUT2D eigenvalue weighted by Gasteiger charge is 2.03. The van der Waals surface area contributed by atoms with E-state index in [-0.39, 0.29) is 11.2 Å². The maximum atomic E-state index is 11.8. The third kappa shape index (κ3) is 2.47. The van der Waals surface area contributed by atoms with Gasteiger partial charge in [0.25, 0.3) is 5.56 Å². The first-order chi connectivity index (χ1) is 8.06. The third-order valence-electron chi connectivity index (χ3n) is 2.57. The average Bonchev–Trinajstić information content (AvgIpc) is 2.25. The zero-order valence-electron chi connectivity index (χ0n) is 9.68. The Morgan fingerprint density at radius 3 is 2.71 bits per heavy atom. The van der Waals surface area contributed by atoms with Crippen molar-refractivity contribution in [3.8, 4) is 0 Å². The predicted octanol–water partition coefficient (Wildman–Crippen LogP) is 1.37. The molecule has 0 unspecified atom stereocenters. The molecule has 0 aliphatic rings. The van der Waals surface area contributed by atoms with Crippen LogP contribution in [0, 0.1) is 6.92 Å². The standard InChI is InChI=1S/C13H15N3O/c1-9-3-2-4-10(5-9)7-16-8-11(14)6-12(15)13(16)17/h2-6,8H,7,14-15H2,1H3. The molecule has 0 saturated heterocycles. The molecule has 1 aromatic carbocycles. The van der Waals surface area contributed by atoms with Gasteiger partial charge in [-0.2, -0.15) is 0 Å². The number of nitrogens with two attached hydrogens (primary N) is 2. The summed E-state index contributed by atoms with van der Waals surface area (Å²) in [5.74, 6) is 0. The largest absolute Gasteiger partial charge is 0.397 e. The number of nitrogens with zero attached hydrogens (tertiary/aromatic N) is 1. The van der Waals surface area contributed by atoms with Crippen molar-refractivity contribution in [1.82, 2.24) is 4.57 Å². The second-order valence-corrected chi connectivity index (χ2v) is 4.15. The van der Waals surface area contributed by atoms with E-state index < -0.39 is 0 Å². The number of aromatic nitrogens is 1. The molecular formula is C13H15N3O. The van der Waals surface area contributed by atoms with Gasteiger partial charge < -0.3 is 16.0 Å².